The summed E-state index contributed by atoms with van der Waals surface area (Å²) < 4.78 is 70.0. The molecule has 2 fully saturated rings. The number of aliphatic hydroxyl groups is 5. The average molecular weight is 994 g/mol. The van der Waals surface area contributed by atoms with Gasteiger partial charge in [-0.25, -0.2) is 9.59 Å². The minimum absolute atomic E-state index is 0.232. The van der Waals surface area contributed by atoms with Crippen molar-refractivity contribution in [1.29, 1.82) is 0 Å². The number of phosphoric acid groups is 2. The van der Waals surface area contributed by atoms with Gasteiger partial charge in [-0.3, -0.25) is 14.3 Å². The Kier molecular flexibility index (Phi) is 16.3. The fourth-order valence-electron chi connectivity index (χ4n) is 5.53. The first-order valence-corrected chi connectivity index (χ1v) is 22.1. The molecule has 9 N–H and O–H groups in total. The fraction of sp³-hybridized carbons (Fsp3) is 0.516. The molecule has 0 aliphatic carbocycles. The van der Waals surface area contributed by atoms with E-state index in [1.165, 1.54) is 12.1 Å². The number of hydrogen-bond acceptors (Lipinski definition) is 20. The van der Waals surface area contributed by atoms with Gasteiger partial charge in [0.25, 0.3) is 5.56 Å². The molecule has 1 amide bonds. The number of aromatic amines is 1. The van der Waals surface area contributed by atoms with Crippen LogP contribution in [0.4, 0.5) is 0 Å². The fourth-order valence-corrected chi connectivity index (χ4v) is 8.80. The van der Waals surface area contributed by atoms with E-state index in [-0.39, 0.29) is 19.1 Å². The molecule has 328 valence electrons. The molecule has 0 bridgehead atoms. The zero-order valence-electron chi connectivity index (χ0n) is 30.5. The quantitative estimate of drug-likeness (QED) is 0.0178. The van der Waals surface area contributed by atoms with Gasteiger partial charge in [-0.1, -0.05) is 0 Å². The van der Waals surface area contributed by atoms with Crippen LogP contribution in [0.15, 0.2) is 58.5 Å². The number of fused-ring (bicyclic) bond motifs is 1. The van der Waals surface area contributed by atoms with Crippen LogP contribution in [0.25, 0.3) is 11.0 Å². The van der Waals surface area contributed by atoms with Crippen LogP contribution in [0.5, 0.6) is 5.75 Å². The molecule has 1 aromatic carbocycles. The Labute approximate surface area is 342 Å². The van der Waals surface area contributed by atoms with Crippen LogP contribution in [-0.4, -0.2) is 132 Å². The number of carbonyl (C=O) groups excluding carboxylic acids is 1. The number of ether oxygens (including phenoxy) is 3. The van der Waals surface area contributed by atoms with Gasteiger partial charge < -0.3 is 19.4 Å². The molecule has 6 unspecified atom stereocenters. The molecule has 2 aliphatic heterocycles. The van der Waals surface area contributed by atoms with Gasteiger partial charge in [-0.15, -0.1) is 0 Å². The molecule has 25 nitrogen and oxygen atoms in total. The maximum absolute atomic E-state index is 12.6. The van der Waals surface area contributed by atoms with E-state index in [0.717, 1.165) is 34.0 Å². The Bertz CT molecular complexity index is 2240. The summed E-state index contributed by atoms with van der Waals surface area (Å²) in [6.45, 7) is 0.994. The van der Waals surface area contributed by atoms with E-state index >= 15 is 0 Å². The summed E-state index contributed by atoms with van der Waals surface area (Å²) >= 11 is -1.36. The number of aliphatic hydroxyl groups excluding tert-OH is 5. The molecule has 28 heteroatoms. The van der Waals surface area contributed by atoms with Crippen LogP contribution < -0.4 is 48.8 Å². The number of nitrogens with one attached hydrogen (secondary N) is 2. The maximum atomic E-state index is 12.6. The van der Waals surface area contributed by atoms with Crippen molar-refractivity contribution in [3.8, 4) is 5.75 Å². The average Bonchev–Trinajstić information content (AvgIpc) is 3.44. The first-order chi connectivity index (χ1) is 27.8. The summed E-state index contributed by atoms with van der Waals surface area (Å²) in [4.78, 5) is 69.3. The predicted octanol–water partition coefficient (Wildman–Crippen LogP) is -5.39. The molecule has 4 heterocycles. The Morgan fingerprint density at radius 1 is 0.983 bits per heavy atom. The number of halogens is 1. The number of phosphoric ester groups is 2. The number of amides is 1. The smallest absolute Gasteiger partial charge is 0.0208 e. The molecule has 0 saturated carbocycles. The van der Waals surface area contributed by atoms with E-state index in [2.05, 4.69) is 21.9 Å². The minimum atomic E-state index is -5.69. The monoisotopic (exact) mass is 993 g/mol. The Morgan fingerprint density at radius 2 is 1.75 bits per heavy atom. The zero-order chi connectivity index (χ0) is 43.1. The third-order valence-electron chi connectivity index (χ3n) is 8.47. The molecule has 2 saturated heterocycles. The summed E-state index contributed by atoms with van der Waals surface area (Å²) in [5.74, 6) is -0.0324. The number of carbonyl (C=O) groups is 1. The first kappa shape index (κ1) is 46.8. The van der Waals surface area contributed by atoms with E-state index < -0.39 is 116 Å². The second kappa shape index (κ2) is 20.5. The summed E-state index contributed by atoms with van der Waals surface area (Å²) in [7, 11) is -11.3. The normalized spacial score (nSPS) is 28.1. The molecule has 11 atom stereocenters. The van der Waals surface area contributed by atoms with Gasteiger partial charge in [0.1, 0.15) is 12.2 Å². The number of nitrogens with zero attached hydrogens (tertiary/aromatic N) is 2. The number of unbranched alkanes of at least 4 members (excludes halogenated alkanes) is 1. The van der Waals surface area contributed by atoms with Crippen molar-refractivity contribution < 1.29 is 106 Å². The number of hydrogen-bond donors (Lipinski definition) is 9. The third-order valence-corrected chi connectivity index (χ3v) is 12.3. The van der Waals surface area contributed by atoms with Gasteiger partial charge in [0, 0.05) is 23.7 Å². The van der Waals surface area contributed by atoms with E-state index in [4.69, 9.17) is 21.7 Å². The standard InChI is InChI=1S/C31H40IN4O21P2/c1-15-10-23(39)53-18-11-16(4-5-17(15)18)50-14-22(38)33-7-2-3-9-51-32-34-12-19-24(40)26(42)28(44)30(55-19)56-59(48,49)57-58(46,47)52-13-20-25(41)27(43)29(54-20)36-8-6-21(37)35-31(36)45/h4-6,8,10-12,19-20,24-30,40-44H,2-3,7,9,13-14H2,1H3,(H,33,38)(H,46,47)(H,48,49)(H,35,37,45)/q-1/t19?,20?,24-,25-,26-,27?,28+,29?,30+/m0/s1. The van der Waals surface area contributed by atoms with Gasteiger partial charge in [0.15, 0.2) is 6.23 Å². The van der Waals surface area contributed by atoms with Gasteiger partial charge in [-0.05, 0) is 12.5 Å². The van der Waals surface area contributed by atoms with Crippen LogP contribution in [0, 0.1) is 6.92 Å². The van der Waals surface area contributed by atoms with Crippen molar-refractivity contribution in [2.45, 2.75) is 75.0 Å². The molecule has 2 aromatic heterocycles. The van der Waals surface area contributed by atoms with Crippen LogP contribution in [0.3, 0.4) is 0 Å². The topological polar surface area (TPSA) is 367 Å². The van der Waals surface area contributed by atoms with Crippen LogP contribution in [0.2, 0.25) is 0 Å². The van der Waals surface area contributed by atoms with Crippen LogP contribution in [0.1, 0.15) is 24.6 Å². The number of rotatable bonds is 19. The Hall–Kier alpha value is -3.28. The van der Waals surface area contributed by atoms with Gasteiger partial charge in [0.2, 0.25) is 0 Å². The second-order valence-corrected chi connectivity index (χ2v) is 17.4. The van der Waals surface area contributed by atoms with Crippen molar-refractivity contribution in [3.05, 3.63) is 73.4 Å². The van der Waals surface area contributed by atoms with Crippen molar-refractivity contribution in [2.24, 2.45) is 3.21 Å². The Balaban J connectivity index is 0.998. The van der Waals surface area contributed by atoms with E-state index in [9.17, 15) is 63.6 Å². The number of H-pyrrole nitrogens is 1. The second-order valence-electron chi connectivity index (χ2n) is 12.8. The molecule has 0 spiro atoms. The minimum Gasteiger partial charge on any atom is 0.0208 e. The first-order valence-electron chi connectivity index (χ1n) is 17.3. The number of aryl methyl sites for hydroxylation is 1. The number of aromatic nitrogens is 2. The molecule has 3 aromatic rings. The van der Waals surface area contributed by atoms with Gasteiger partial charge in [0.05, 0.1) is 0 Å². The molecular weight excluding hydrogens is 953 g/mol. The van der Waals surface area contributed by atoms with E-state index in [0.29, 0.717) is 30.7 Å². The van der Waals surface area contributed by atoms with Crippen molar-refractivity contribution in [3.63, 3.8) is 0 Å². The SMILES string of the molecule is Cc1cc(=O)oc2cc(OCC(=O)NCCCCO[I-]N=CC3O[C@H](OP(=O)(O)OP(=O)(O)OCC4OC(n5ccc(=O)[nH]c5=O)C(O)[C@H]4O)[C@H](O)[C@@H](O)[C@H]3O)ccc12. The third kappa shape index (κ3) is 12.9. The van der Waals surface area contributed by atoms with Crippen molar-refractivity contribution in [2.75, 3.05) is 26.4 Å². The van der Waals surface area contributed by atoms with Crippen molar-refractivity contribution >= 4 is 38.7 Å². The zero-order valence-corrected chi connectivity index (χ0v) is 34.4. The van der Waals surface area contributed by atoms with Gasteiger partial charge >= 0.3 is 240 Å². The summed E-state index contributed by atoms with van der Waals surface area (Å²) in [5.41, 5.74) is -1.18. The van der Waals surface area contributed by atoms with Crippen LogP contribution >= 0.6 is 15.6 Å². The van der Waals surface area contributed by atoms with Crippen LogP contribution in [-0.2, 0) is 39.8 Å². The predicted molar refractivity (Wildman–Crippen MR) is 191 cm³/mol. The van der Waals surface area contributed by atoms with Gasteiger partial charge in [-0.2, -0.15) is 0 Å². The van der Waals surface area contributed by atoms with E-state index in [1.54, 1.807) is 19.1 Å². The van der Waals surface area contributed by atoms with E-state index in [1.807, 2.05) is 4.98 Å². The summed E-state index contributed by atoms with van der Waals surface area (Å²) in [6.07, 6.45) is -13.6. The molecule has 2 aliphatic rings. The molecule has 59 heavy (non-hydrogen) atoms. The summed E-state index contributed by atoms with van der Waals surface area (Å²) in [6, 6.07) is 7.20. The molecular formula is C31H40IN4O21P2-. The summed E-state index contributed by atoms with van der Waals surface area (Å²) in [5, 5.41) is 54.9. The Morgan fingerprint density at radius 3 is 2.49 bits per heavy atom. The molecule has 5 rings (SSSR count). The molecule has 0 radical (unpaired) electrons. The van der Waals surface area contributed by atoms with Crippen molar-refractivity contribution in [1.82, 2.24) is 14.9 Å². The number of benzene rings is 1.